The summed E-state index contributed by atoms with van der Waals surface area (Å²) < 4.78 is 6.41. The van der Waals surface area contributed by atoms with E-state index in [4.69, 9.17) is 4.74 Å². The Morgan fingerprint density at radius 2 is 1.68 bits per heavy atom. The van der Waals surface area contributed by atoms with E-state index in [0.29, 0.717) is 63.7 Å². The molecule has 10 nitrogen and oxygen atoms in total. The summed E-state index contributed by atoms with van der Waals surface area (Å²) in [6, 6.07) is 16.2. The number of carbonyl (C=O) groups excluding carboxylic acids is 2. The summed E-state index contributed by atoms with van der Waals surface area (Å²) >= 11 is 0. The highest BCUT2D eigenvalue weighted by Gasteiger charge is 2.88. The minimum atomic E-state index is -2.35. The molecule has 2 aromatic carbocycles. The summed E-state index contributed by atoms with van der Waals surface area (Å²) in [6.07, 6.45) is 11.4. The summed E-state index contributed by atoms with van der Waals surface area (Å²) in [5, 5.41) is 86.1. The Morgan fingerprint density at radius 1 is 0.865 bits per heavy atom. The van der Waals surface area contributed by atoms with E-state index in [0.717, 1.165) is 60.7 Å². The maximum atomic E-state index is 15.4. The molecule has 10 heteroatoms. The van der Waals surface area contributed by atoms with Crippen molar-refractivity contribution < 1.29 is 45.0 Å². The van der Waals surface area contributed by atoms with Crippen molar-refractivity contribution in [2.45, 2.75) is 177 Å². The molecule has 21 unspecified atom stereocenters. The van der Waals surface area contributed by atoms with Crippen LogP contribution < -0.4 is 5.32 Å². The molecule has 0 saturated heterocycles. The van der Waals surface area contributed by atoms with Crippen LogP contribution in [0.4, 0.5) is 0 Å². The molecule has 11 aliphatic carbocycles. The van der Waals surface area contributed by atoms with Crippen LogP contribution in [0.15, 0.2) is 60.2 Å². The first-order valence-corrected chi connectivity index (χ1v) is 29.0. The second kappa shape index (κ2) is 17.9. The largest absolute Gasteiger partial charge is 0.454 e. The van der Waals surface area contributed by atoms with Gasteiger partial charge in [-0.25, -0.2) is 4.79 Å². The lowest BCUT2D eigenvalue weighted by Crippen LogP contribution is -2.87. The number of hydrogen-bond acceptors (Lipinski definition) is 10. The summed E-state index contributed by atoms with van der Waals surface area (Å²) in [6.45, 7) is 2.18. The van der Waals surface area contributed by atoms with Gasteiger partial charge in [0.05, 0.1) is 29.8 Å². The molecule has 21 atom stereocenters. The lowest BCUT2D eigenvalue weighted by atomic mass is 9.31. The molecule has 2 aromatic rings. The van der Waals surface area contributed by atoms with Gasteiger partial charge in [-0.2, -0.15) is 0 Å². The summed E-state index contributed by atoms with van der Waals surface area (Å²) in [7, 11) is 1.92. The topological polar surface area (TPSA) is 177 Å². The van der Waals surface area contributed by atoms with E-state index in [1.807, 2.05) is 31.3 Å². The molecule has 8 fully saturated rings. The third kappa shape index (κ3) is 6.64. The number of aldehydes is 1. The van der Waals surface area contributed by atoms with Crippen molar-refractivity contribution in [3.8, 4) is 23.7 Å². The van der Waals surface area contributed by atoms with E-state index in [1.165, 1.54) is 18.4 Å². The van der Waals surface area contributed by atoms with Crippen molar-refractivity contribution in [3.63, 3.8) is 0 Å². The van der Waals surface area contributed by atoms with E-state index >= 15 is 9.90 Å². The van der Waals surface area contributed by atoms with Crippen LogP contribution in [0.1, 0.15) is 138 Å². The van der Waals surface area contributed by atoms with E-state index in [-0.39, 0.29) is 67.4 Å². The number of likely N-dealkylation sites (N-methyl/N-ethyl adjacent to an activating group) is 1. The number of fused-ring (bicyclic) bond motifs is 5. The molecule has 8 saturated carbocycles. The Balaban J connectivity index is 1.04. The number of benzene rings is 2. The summed E-state index contributed by atoms with van der Waals surface area (Å²) in [5.41, 5.74) is -5.30. The fourth-order valence-electron chi connectivity index (χ4n) is 21.2. The lowest BCUT2D eigenvalue weighted by molar-refractivity contribution is -0.390. The predicted molar refractivity (Wildman–Crippen MR) is 278 cm³/mol. The van der Waals surface area contributed by atoms with E-state index in [1.54, 1.807) is 6.08 Å². The second-order valence-electron chi connectivity index (χ2n) is 26.6. The Morgan fingerprint density at radius 3 is 2.45 bits per heavy atom. The zero-order valence-corrected chi connectivity index (χ0v) is 43.6. The van der Waals surface area contributed by atoms with E-state index < -0.39 is 86.9 Å². The van der Waals surface area contributed by atoms with Crippen LogP contribution in [0.5, 0.6) is 0 Å². The van der Waals surface area contributed by atoms with Gasteiger partial charge in [0.2, 0.25) is 0 Å². The molecule has 394 valence electrons. The van der Waals surface area contributed by atoms with Gasteiger partial charge in [-0.05, 0) is 166 Å². The number of ether oxygens (including phenoxy) is 1. The Hall–Kier alpha value is -3.84. The third-order valence-electron chi connectivity index (χ3n) is 24.2. The maximum Gasteiger partial charge on any atom is 0.331 e. The average Bonchev–Trinajstić information content (AvgIpc) is 4.33. The molecule has 12 aliphatic rings. The number of carbonyl (C=O) groups is 2. The number of nitrogens with one attached hydrogen (secondary N) is 1. The molecule has 7 N–H and O–H groups in total. The SMILES string of the molecule is CNC1Cc2c(cccc2CO)C#CCCC23CC4C#CCC(Cc5ccccc5)C5CCC6(C5)CC5(C=O)C4C(O)(C(O)C4CC(C(C)C7CCCC7)CCC(C6O)C45O)C2(O)CC2CC1C1OC(=O)C=C1C23. The molecule has 2 spiro atoms. The van der Waals surface area contributed by atoms with Gasteiger partial charge in [-0.1, -0.05) is 92.8 Å². The van der Waals surface area contributed by atoms with Crippen molar-refractivity contribution >= 4 is 12.3 Å². The van der Waals surface area contributed by atoms with Gasteiger partial charge < -0.3 is 45.5 Å². The molecule has 7 bridgehead atoms. The predicted octanol–water partition coefficient (Wildman–Crippen LogP) is 7.01. The summed E-state index contributed by atoms with van der Waals surface area (Å²) in [4.78, 5) is 29.3. The smallest absolute Gasteiger partial charge is 0.331 e. The first-order chi connectivity index (χ1) is 35.7. The van der Waals surface area contributed by atoms with Crippen molar-refractivity contribution in [2.24, 2.45) is 87.3 Å². The Labute approximate surface area is 437 Å². The first-order valence-electron chi connectivity index (χ1n) is 29.0. The van der Waals surface area contributed by atoms with E-state index in [9.17, 15) is 30.3 Å². The van der Waals surface area contributed by atoms with Crippen LogP contribution in [-0.4, -0.2) is 91.1 Å². The fourth-order valence-corrected chi connectivity index (χ4v) is 21.2. The van der Waals surface area contributed by atoms with Gasteiger partial charge in [0.15, 0.2) is 0 Å². The molecule has 0 radical (unpaired) electrons. The van der Waals surface area contributed by atoms with Crippen molar-refractivity contribution in [1.82, 2.24) is 5.32 Å². The van der Waals surface area contributed by atoms with Crippen molar-refractivity contribution in [2.75, 3.05) is 7.05 Å². The highest BCUT2D eigenvalue weighted by molar-refractivity contribution is 5.86. The quantitative estimate of drug-likeness (QED) is 0.0868. The number of aliphatic hydroxyl groups is 6. The van der Waals surface area contributed by atoms with Gasteiger partial charge in [-0.3, -0.25) is 0 Å². The van der Waals surface area contributed by atoms with Gasteiger partial charge in [0.1, 0.15) is 23.6 Å². The van der Waals surface area contributed by atoms with Crippen LogP contribution >= 0.6 is 0 Å². The van der Waals surface area contributed by atoms with Crippen LogP contribution in [0.3, 0.4) is 0 Å². The maximum absolute atomic E-state index is 15.4. The monoisotopic (exact) mass is 1010 g/mol. The molecule has 1 heterocycles. The number of rotatable bonds is 7. The highest BCUT2D eigenvalue weighted by Crippen LogP contribution is 2.80. The van der Waals surface area contributed by atoms with Gasteiger partial charge in [0.25, 0.3) is 0 Å². The van der Waals surface area contributed by atoms with E-state index in [2.05, 4.69) is 60.2 Å². The van der Waals surface area contributed by atoms with Gasteiger partial charge >= 0.3 is 5.97 Å². The van der Waals surface area contributed by atoms with Crippen LogP contribution in [0.25, 0.3) is 0 Å². The minimum Gasteiger partial charge on any atom is -0.454 e. The molecule has 74 heavy (non-hydrogen) atoms. The number of hydrogen-bond donors (Lipinski definition) is 7. The zero-order chi connectivity index (χ0) is 51.2. The molecular formula is C64H79NO9. The zero-order valence-electron chi connectivity index (χ0n) is 43.6. The van der Waals surface area contributed by atoms with Crippen molar-refractivity contribution in [3.05, 3.63) is 82.4 Å². The normalized spacial score (nSPS) is 47.9. The lowest BCUT2D eigenvalue weighted by Gasteiger charge is -2.75. The van der Waals surface area contributed by atoms with Crippen molar-refractivity contribution in [1.29, 1.82) is 0 Å². The fraction of sp³-hybridized carbons (Fsp3) is 0.688. The number of aliphatic hydroxyl groups excluding tert-OH is 3. The molecule has 0 aromatic heterocycles. The van der Waals surface area contributed by atoms with Gasteiger partial charge in [0, 0.05) is 65.5 Å². The highest BCUT2D eigenvalue weighted by atomic mass is 16.5. The first kappa shape index (κ1) is 49.7. The van der Waals surface area contributed by atoms with Crippen LogP contribution in [0.2, 0.25) is 0 Å². The molecule has 1 aliphatic heterocycles. The average molecular weight is 1010 g/mol. The van der Waals surface area contributed by atoms with Gasteiger partial charge in [-0.15, -0.1) is 5.92 Å². The van der Waals surface area contributed by atoms with Crippen LogP contribution in [-0.2, 0) is 33.8 Å². The molecular weight excluding hydrogens is 927 g/mol. The molecule has 14 rings (SSSR count). The second-order valence-corrected chi connectivity index (χ2v) is 26.6. The Bertz CT molecular complexity index is 2730. The minimum absolute atomic E-state index is 0.0528. The third-order valence-corrected chi connectivity index (χ3v) is 24.2. The van der Waals surface area contributed by atoms with Crippen LogP contribution in [0, 0.1) is 111 Å². The number of esters is 1. The Kier molecular flexibility index (Phi) is 12.0. The standard InChI is InChI=1S/C64H79NO9/c1-37(39-14-6-7-15-39)41-21-22-50-57(69)59-25-23-43(31-59)42(26-38-12-4-3-5-13-38)18-11-19-44-32-60-24-9-8-16-40-17-10-20-45(34-66)47(40)29-52(65-2)48-27-46(54(60)49-30-53(68)74-55(48)49)33-62(60,71)64(73)56(44)61(35-59,36-67)63(50,72)51(28-41)58(64)70/h3-5,10,12-13,17,20,30,36-37,39,41-44,46,48,50-52,54-58,65-66,69-73H,6-7,9,14-15,18,21-29,31-35H2,1-2H3. The summed E-state index contributed by atoms with van der Waals surface area (Å²) in [5.74, 6) is 10.6. The molecule has 0 amide bonds.